The summed E-state index contributed by atoms with van der Waals surface area (Å²) in [6, 6.07) is -0.0698. The molecule has 1 heterocycles. The van der Waals surface area contributed by atoms with E-state index >= 15 is 0 Å². The van der Waals surface area contributed by atoms with Crippen LogP contribution in [0.2, 0.25) is 0 Å². The van der Waals surface area contributed by atoms with Gasteiger partial charge in [0.1, 0.15) is 0 Å². The summed E-state index contributed by atoms with van der Waals surface area (Å²) in [5, 5.41) is 12.7. The lowest BCUT2D eigenvalue weighted by Gasteiger charge is -2.26. The topological polar surface area (TPSA) is 55.8 Å². The molecule has 1 aliphatic heterocycles. The van der Waals surface area contributed by atoms with Gasteiger partial charge in [0.2, 0.25) is 5.91 Å². The van der Waals surface area contributed by atoms with Gasteiger partial charge in [-0.05, 0) is 14.1 Å². The van der Waals surface area contributed by atoms with Crippen LogP contribution in [-0.4, -0.2) is 73.7 Å². The molecule has 1 fully saturated rings. The molecule has 0 saturated carbocycles. The summed E-state index contributed by atoms with van der Waals surface area (Å²) < 4.78 is 0. The van der Waals surface area contributed by atoms with Gasteiger partial charge in [-0.25, -0.2) is 0 Å². The molecule has 0 unspecified atom stereocenters. The lowest BCUT2D eigenvalue weighted by atomic mass is 10.2. The van der Waals surface area contributed by atoms with Crippen molar-refractivity contribution in [3.63, 3.8) is 0 Å². The van der Waals surface area contributed by atoms with Crippen molar-refractivity contribution in [2.75, 3.05) is 40.8 Å². The van der Waals surface area contributed by atoms with Crippen molar-refractivity contribution in [1.82, 2.24) is 15.1 Å². The molecule has 0 radical (unpaired) electrons. The maximum Gasteiger partial charge on any atom is 0.223 e. The number of carbonyl (C=O) groups is 1. The largest absolute Gasteiger partial charge is 0.390 e. The summed E-state index contributed by atoms with van der Waals surface area (Å²) in [5.41, 5.74) is 0. The molecule has 0 aliphatic carbocycles. The Morgan fingerprint density at radius 1 is 1.40 bits per heavy atom. The molecule has 0 aromatic heterocycles. The molecule has 0 spiro atoms. The third kappa shape index (κ3) is 3.44. The van der Waals surface area contributed by atoms with Gasteiger partial charge in [-0.2, -0.15) is 0 Å². The molecule has 2 atom stereocenters. The van der Waals surface area contributed by atoms with Crippen LogP contribution in [0.5, 0.6) is 0 Å². The molecule has 5 nitrogen and oxygen atoms in total. The first kappa shape index (κ1) is 12.4. The molecule has 88 valence electrons. The maximum absolute atomic E-state index is 11.7. The van der Waals surface area contributed by atoms with Crippen molar-refractivity contribution >= 4 is 5.91 Å². The van der Waals surface area contributed by atoms with Crippen LogP contribution in [0.1, 0.15) is 6.42 Å². The predicted molar refractivity (Wildman–Crippen MR) is 58.6 cm³/mol. The minimum atomic E-state index is -0.432. The van der Waals surface area contributed by atoms with E-state index in [2.05, 4.69) is 5.32 Å². The summed E-state index contributed by atoms with van der Waals surface area (Å²) in [7, 11) is 5.65. The van der Waals surface area contributed by atoms with Gasteiger partial charge in [0.05, 0.1) is 12.1 Å². The fraction of sp³-hybridized carbons (Fsp3) is 0.900. The lowest BCUT2D eigenvalue weighted by Crippen LogP contribution is -2.44. The number of nitrogens with one attached hydrogen (secondary N) is 1. The average Bonchev–Trinajstić information content (AvgIpc) is 2.59. The van der Waals surface area contributed by atoms with Crippen LogP contribution in [0.4, 0.5) is 0 Å². The van der Waals surface area contributed by atoms with E-state index in [1.165, 1.54) is 0 Å². The Hall–Kier alpha value is -0.650. The molecule has 0 aromatic carbocycles. The fourth-order valence-electron chi connectivity index (χ4n) is 1.73. The van der Waals surface area contributed by atoms with Crippen molar-refractivity contribution in [2.45, 2.75) is 18.6 Å². The van der Waals surface area contributed by atoms with E-state index in [0.717, 1.165) is 6.54 Å². The molecule has 5 heteroatoms. The zero-order valence-corrected chi connectivity index (χ0v) is 9.73. The van der Waals surface area contributed by atoms with Crippen LogP contribution in [0.15, 0.2) is 0 Å². The number of aliphatic hydroxyl groups excluding tert-OH is 1. The van der Waals surface area contributed by atoms with Crippen LogP contribution in [0, 0.1) is 0 Å². The quantitative estimate of drug-likeness (QED) is 0.614. The van der Waals surface area contributed by atoms with Gasteiger partial charge in [-0.15, -0.1) is 0 Å². The number of aliphatic hydroxyl groups is 1. The molecule has 15 heavy (non-hydrogen) atoms. The van der Waals surface area contributed by atoms with E-state index in [4.69, 9.17) is 0 Å². The Kier molecular flexibility index (Phi) is 4.50. The van der Waals surface area contributed by atoms with Gasteiger partial charge in [-0.3, -0.25) is 4.79 Å². The second-order valence-electron chi connectivity index (χ2n) is 4.35. The number of nitrogens with zero attached hydrogens (tertiary/aromatic N) is 2. The highest BCUT2D eigenvalue weighted by Gasteiger charge is 2.30. The van der Waals surface area contributed by atoms with Crippen LogP contribution in [0.3, 0.4) is 0 Å². The molecular weight excluding hydrogens is 194 g/mol. The van der Waals surface area contributed by atoms with Gasteiger partial charge in [0, 0.05) is 33.1 Å². The summed E-state index contributed by atoms with van der Waals surface area (Å²) in [6.07, 6.45) is 0.0745. The van der Waals surface area contributed by atoms with Crippen LogP contribution >= 0.6 is 0 Å². The van der Waals surface area contributed by atoms with Crippen LogP contribution in [0.25, 0.3) is 0 Å². The SMILES string of the molecule is CN(C)CCC(=O)N(C)[C@@H]1CNC[C@H]1O. The van der Waals surface area contributed by atoms with E-state index < -0.39 is 6.10 Å². The average molecular weight is 215 g/mol. The smallest absolute Gasteiger partial charge is 0.223 e. The Bertz CT molecular complexity index is 221. The van der Waals surface area contributed by atoms with E-state index in [0.29, 0.717) is 19.5 Å². The molecule has 2 N–H and O–H groups in total. The van der Waals surface area contributed by atoms with Crippen molar-refractivity contribution in [3.8, 4) is 0 Å². The minimum Gasteiger partial charge on any atom is -0.390 e. The first-order valence-electron chi connectivity index (χ1n) is 5.31. The van der Waals surface area contributed by atoms with Crippen LogP contribution in [-0.2, 0) is 4.79 Å². The third-order valence-corrected chi connectivity index (χ3v) is 2.81. The first-order chi connectivity index (χ1) is 7.02. The number of carbonyl (C=O) groups excluding carboxylic acids is 1. The second-order valence-corrected chi connectivity index (χ2v) is 4.35. The first-order valence-corrected chi connectivity index (χ1v) is 5.31. The zero-order valence-electron chi connectivity index (χ0n) is 9.73. The Labute approximate surface area is 91.0 Å². The van der Waals surface area contributed by atoms with Gasteiger partial charge in [0.15, 0.2) is 0 Å². The highest BCUT2D eigenvalue weighted by molar-refractivity contribution is 5.76. The lowest BCUT2D eigenvalue weighted by molar-refractivity contribution is -0.133. The number of hydrogen-bond acceptors (Lipinski definition) is 4. The Morgan fingerprint density at radius 2 is 2.07 bits per heavy atom. The maximum atomic E-state index is 11.7. The van der Waals surface area contributed by atoms with Crippen molar-refractivity contribution in [1.29, 1.82) is 0 Å². The molecular formula is C10H21N3O2. The summed E-state index contributed by atoms with van der Waals surface area (Å²) in [4.78, 5) is 15.4. The highest BCUT2D eigenvalue weighted by Crippen LogP contribution is 2.08. The molecule has 0 aromatic rings. The predicted octanol–water partition coefficient (Wildman–Crippen LogP) is -1.27. The number of amides is 1. The summed E-state index contributed by atoms with van der Waals surface area (Å²) >= 11 is 0. The number of hydrogen-bond donors (Lipinski definition) is 2. The summed E-state index contributed by atoms with van der Waals surface area (Å²) in [5.74, 6) is 0.0939. The Balaban J connectivity index is 2.38. The van der Waals surface area contributed by atoms with Gasteiger partial charge >= 0.3 is 0 Å². The molecule has 0 bridgehead atoms. The van der Waals surface area contributed by atoms with Gasteiger partial charge in [0.25, 0.3) is 0 Å². The second kappa shape index (κ2) is 5.44. The normalized spacial score (nSPS) is 25.9. The number of β-amino-alcohol motifs (C(OH)–C–C–N with tert-alkyl or cyclic N) is 1. The van der Waals surface area contributed by atoms with Crippen molar-refractivity contribution < 1.29 is 9.90 Å². The molecule has 1 rings (SSSR count). The van der Waals surface area contributed by atoms with Crippen LogP contribution < -0.4 is 5.32 Å². The molecule has 1 saturated heterocycles. The molecule has 1 amide bonds. The number of rotatable bonds is 4. The van der Waals surface area contributed by atoms with Crippen molar-refractivity contribution in [2.24, 2.45) is 0 Å². The minimum absolute atomic E-state index is 0.0698. The Morgan fingerprint density at radius 3 is 2.53 bits per heavy atom. The zero-order chi connectivity index (χ0) is 11.4. The highest BCUT2D eigenvalue weighted by atomic mass is 16.3. The number of likely N-dealkylation sites (N-methyl/N-ethyl adjacent to an activating group) is 1. The van der Waals surface area contributed by atoms with E-state index in [9.17, 15) is 9.90 Å². The fourth-order valence-corrected chi connectivity index (χ4v) is 1.73. The standard InChI is InChI=1S/C10H21N3O2/c1-12(2)5-4-10(15)13(3)8-6-11-7-9(8)14/h8-9,11,14H,4-7H2,1-3H3/t8-,9-/m1/s1. The monoisotopic (exact) mass is 215 g/mol. The molecule has 1 aliphatic rings. The summed E-state index contributed by atoms with van der Waals surface area (Å²) in [6.45, 7) is 2.01. The third-order valence-electron chi connectivity index (χ3n) is 2.81. The van der Waals surface area contributed by atoms with E-state index in [-0.39, 0.29) is 11.9 Å². The van der Waals surface area contributed by atoms with E-state index in [1.54, 1.807) is 11.9 Å². The van der Waals surface area contributed by atoms with Crippen molar-refractivity contribution in [3.05, 3.63) is 0 Å². The van der Waals surface area contributed by atoms with Gasteiger partial charge < -0.3 is 20.2 Å². The van der Waals surface area contributed by atoms with Gasteiger partial charge in [-0.1, -0.05) is 0 Å². The van der Waals surface area contributed by atoms with E-state index in [1.807, 2.05) is 19.0 Å².